The van der Waals surface area contributed by atoms with E-state index in [2.05, 4.69) is 27.9 Å². The Balaban J connectivity index is 0.00000208. The summed E-state index contributed by atoms with van der Waals surface area (Å²) in [5.74, 6) is -0.0648. The zero-order valence-electron chi connectivity index (χ0n) is 14.8. The molecule has 1 aliphatic heterocycles. The van der Waals surface area contributed by atoms with Crippen LogP contribution in [0.25, 0.3) is 0 Å². The Bertz CT molecular complexity index is 549. The number of piperidine rings is 1. The fraction of sp³-hybridized carbons (Fsp3) is 0.824. The average Bonchev–Trinajstić information content (AvgIpc) is 2.92. The molecule has 3 rings (SSSR count). The minimum Gasteiger partial charge on any atom is -0.350 e. The molecular weight excluding hydrogens is 326 g/mol. The van der Waals surface area contributed by atoms with Gasteiger partial charge in [0.25, 0.3) is 5.91 Å². The van der Waals surface area contributed by atoms with Gasteiger partial charge in [0.05, 0.1) is 11.7 Å². The van der Waals surface area contributed by atoms with E-state index < -0.39 is 0 Å². The lowest BCUT2D eigenvalue weighted by molar-refractivity contribution is 0.0827. The monoisotopic (exact) mass is 355 g/mol. The van der Waals surface area contributed by atoms with Gasteiger partial charge in [-0.25, -0.2) is 4.68 Å². The first-order valence-electron chi connectivity index (χ1n) is 9.06. The van der Waals surface area contributed by atoms with Crippen LogP contribution in [0.2, 0.25) is 0 Å². The van der Waals surface area contributed by atoms with Crippen LogP contribution in [0.1, 0.15) is 74.1 Å². The fourth-order valence-electron chi connectivity index (χ4n) is 4.02. The van der Waals surface area contributed by atoms with Crippen LogP contribution in [0.15, 0.2) is 0 Å². The standard InChI is InChI=1S/C17H29N5O.ClH/c1-3-7-17(8-4-9-17)12-19-16(23)15-13(2)22(21-20-15)14-5-10-18-11-6-14;/h14,18H,3-12H2,1-2H3,(H,19,23);1H. The van der Waals surface area contributed by atoms with E-state index in [4.69, 9.17) is 0 Å². The highest BCUT2D eigenvalue weighted by molar-refractivity contribution is 5.93. The minimum atomic E-state index is -0.0648. The molecule has 0 spiro atoms. The molecule has 136 valence electrons. The summed E-state index contributed by atoms with van der Waals surface area (Å²) in [6.07, 6.45) is 8.25. The van der Waals surface area contributed by atoms with E-state index in [0.29, 0.717) is 17.2 Å². The quantitative estimate of drug-likeness (QED) is 0.822. The summed E-state index contributed by atoms with van der Waals surface area (Å²) in [5.41, 5.74) is 1.73. The van der Waals surface area contributed by atoms with Gasteiger partial charge in [0.1, 0.15) is 0 Å². The van der Waals surface area contributed by atoms with Crippen molar-refractivity contribution in [2.24, 2.45) is 5.41 Å². The van der Waals surface area contributed by atoms with Crippen LogP contribution in [-0.4, -0.2) is 40.5 Å². The predicted octanol–water partition coefficient (Wildman–Crippen LogP) is 2.63. The molecule has 2 N–H and O–H groups in total. The van der Waals surface area contributed by atoms with Crippen molar-refractivity contribution in [2.75, 3.05) is 19.6 Å². The molecule has 0 atom stereocenters. The van der Waals surface area contributed by atoms with Crippen molar-refractivity contribution in [3.63, 3.8) is 0 Å². The van der Waals surface area contributed by atoms with Crippen molar-refractivity contribution in [1.82, 2.24) is 25.6 Å². The number of nitrogens with zero attached hydrogens (tertiary/aromatic N) is 3. The topological polar surface area (TPSA) is 71.8 Å². The maximum Gasteiger partial charge on any atom is 0.273 e. The van der Waals surface area contributed by atoms with Gasteiger partial charge in [0, 0.05) is 6.54 Å². The molecule has 7 heteroatoms. The van der Waals surface area contributed by atoms with Crippen LogP contribution < -0.4 is 10.6 Å². The molecule has 2 fully saturated rings. The van der Waals surface area contributed by atoms with Gasteiger partial charge in [-0.3, -0.25) is 4.79 Å². The lowest BCUT2D eigenvalue weighted by Gasteiger charge is -2.42. The minimum absolute atomic E-state index is 0. The maximum absolute atomic E-state index is 12.5. The van der Waals surface area contributed by atoms with Crippen LogP contribution in [-0.2, 0) is 0 Å². The zero-order valence-corrected chi connectivity index (χ0v) is 15.6. The van der Waals surface area contributed by atoms with E-state index in [0.717, 1.165) is 38.2 Å². The number of nitrogens with one attached hydrogen (secondary N) is 2. The van der Waals surface area contributed by atoms with Crippen LogP contribution in [0.4, 0.5) is 0 Å². The Morgan fingerprint density at radius 3 is 2.67 bits per heavy atom. The van der Waals surface area contributed by atoms with Gasteiger partial charge in [-0.05, 0) is 57.5 Å². The molecule has 0 unspecified atom stereocenters. The lowest BCUT2D eigenvalue weighted by atomic mass is 9.66. The normalized spacial score (nSPS) is 20.1. The summed E-state index contributed by atoms with van der Waals surface area (Å²) >= 11 is 0. The third-order valence-electron chi connectivity index (χ3n) is 5.62. The Kier molecular flexibility index (Phi) is 6.63. The van der Waals surface area contributed by atoms with Crippen LogP contribution >= 0.6 is 12.4 Å². The van der Waals surface area contributed by atoms with E-state index in [-0.39, 0.29) is 18.3 Å². The molecule has 1 saturated carbocycles. The molecule has 0 aromatic carbocycles. The highest BCUT2D eigenvalue weighted by Crippen LogP contribution is 2.44. The molecule has 2 heterocycles. The summed E-state index contributed by atoms with van der Waals surface area (Å²) in [7, 11) is 0. The van der Waals surface area contributed by atoms with Gasteiger partial charge in [-0.15, -0.1) is 17.5 Å². The third kappa shape index (κ3) is 3.91. The summed E-state index contributed by atoms with van der Waals surface area (Å²) in [4.78, 5) is 12.5. The van der Waals surface area contributed by atoms with E-state index in [9.17, 15) is 4.79 Å². The number of aromatic nitrogens is 3. The van der Waals surface area contributed by atoms with Gasteiger partial charge in [0.15, 0.2) is 5.69 Å². The van der Waals surface area contributed by atoms with Crippen LogP contribution in [0.5, 0.6) is 0 Å². The highest BCUT2D eigenvalue weighted by Gasteiger charge is 2.36. The molecule has 6 nitrogen and oxygen atoms in total. The first-order valence-corrected chi connectivity index (χ1v) is 9.06. The van der Waals surface area contributed by atoms with Crippen molar-refractivity contribution >= 4 is 18.3 Å². The van der Waals surface area contributed by atoms with Crippen molar-refractivity contribution in [3.8, 4) is 0 Å². The van der Waals surface area contributed by atoms with Crippen molar-refractivity contribution in [2.45, 2.75) is 64.8 Å². The summed E-state index contributed by atoms with van der Waals surface area (Å²) in [6.45, 7) is 6.97. The first-order chi connectivity index (χ1) is 11.2. The lowest BCUT2D eigenvalue weighted by Crippen LogP contribution is -2.42. The molecule has 2 aliphatic rings. The summed E-state index contributed by atoms with van der Waals surface area (Å²) in [5, 5.41) is 14.9. The van der Waals surface area contributed by atoms with Crippen molar-refractivity contribution in [1.29, 1.82) is 0 Å². The van der Waals surface area contributed by atoms with E-state index in [1.54, 1.807) is 0 Å². The number of rotatable bonds is 6. The molecule has 0 bridgehead atoms. The molecular formula is C17H30ClN5O. The van der Waals surface area contributed by atoms with Gasteiger partial charge < -0.3 is 10.6 Å². The Labute approximate surface area is 150 Å². The van der Waals surface area contributed by atoms with E-state index >= 15 is 0 Å². The molecule has 0 radical (unpaired) electrons. The number of halogens is 1. The fourth-order valence-corrected chi connectivity index (χ4v) is 4.02. The van der Waals surface area contributed by atoms with Gasteiger partial charge in [-0.1, -0.05) is 25.0 Å². The largest absolute Gasteiger partial charge is 0.350 e. The second kappa shape index (κ2) is 8.30. The summed E-state index contributed by atoms with van der Waals surface area (Å²) < 4.78 is 1.95. The molecule has 1 aromatic heterocycles. The number of hydrogen-bond donors (Lipinski definition) is 2. The van der Waals surface area contributed by atoms with Crippen molar-refractivity contribution in [3.05, 3.63) is 11.4 Å². The Hall–Kier alpha value is -1.14. The predicted molar refractivity (Wildman–Crippen MR) is 96.7 cm³/mol. The number of carbonyl (C=O) groups excluding carboxylic acids is 1. The number of carbonyl (C=O) groups is 1. The average molecular weight is 356 g/mol. The molecule has 24 heavy (non-hydrogen) atoms. The Morgan fingerprint density at radius 2 is 2.08 bits per heavy atom. The van der Waals surface area contributed by atoms with Gasteiger partial charge in [-0.2, -0.15) is 0 Å². The van der Waals surface area contributed by atoms with Gasteiger partial charge >= 0.3 is 0 Å². The van der Waals surface area contributed by atoms with Gasteiger partial charge in [0.2, 0.25) is 0 Å². The molecule has 1 saturated heterocycles. The number of hydrogen-bond acceptors (Lipinski definition) is 4. The first kappa shape index (κ1) is 19.2. The third-order valence-corrected chi connectivity index (χ3v) is 5.62. The van der Waals surface area contributed by atoms with E-state index in [1.165, 1.54) is 32.1 Å². The smallest absolute Gasteiger partial charge is 0.273 e. The molecule has 1 aliphatic carbocycles. The summed E-state index contributed by atoms with van der Waals surface area (Å²) in [6, 6.07) is 0.364. The number of amides is 1. The van der Waals surface area contributed by atoms with E-state index in [1.807, 2.05) is 11.6 Å². The zero-order chi connectivity index (χ0) is 16.3. The maximum atomic E-state index is 12.5. The van der Waals surface area contributed by atoms with Crippen LogP contribution in [0, 0.1) is 12.3 Å². The van der Waals surface area contributed by atoms with Crippen LogP contribution in [0.3, 0.4) is 0 Å². The second-order valence-electron chi connectivity index (χ2n) is 7.24. The molecule has 1 aromatic rings. The molecule has 1 amide bonds. The van der Waals surface area contributed by atoms with Crippen molar-refractivity contribution < 1.29 is 4.79 Å². The highest BCUT2D eigenvalue weighted by atomic mass is 35.5. The Morgan fingerprint density at radius 1 is 1.38 bits per heavy atom. The second-order valence-corrected chi connectivity index (χ2v) is 7.24. The SMILES string of the molecule is CCCC1(CNC(=O)c2nnn(C3CCNCC3)c2C)CCC1.Cl.